The first-order valence-corrected chi connectivity index (χ1v) is 7.06. The Morgan fingerprint density at radius 3 is 3.00 bits per heavy atom. The lowest BCUT2D eigenvalue weighted by Gasteiger charge is -2.34. The van der Waals surface area contributed by atoms with Crippen LogP contribution in [0.1, 0.15) is 12.8 Å². The minimum absolute atomic E-state index is 0.344. The Morgan fingerprint density at radius 1 is 1.35 bits per heavy atom. The summed E-state index contributed by atoms with van der Waals surface area (Å²) in [6, 6.07) is 0.344. The van der Waals surface area contributed by atoms with Crippen LogP contribution in [0.2, 0.25) is 5.15 Å². The SMILES string of the molecule is Cn1cc(N2CCC[C@@H](Nc3cncc(Cl)n3)C2)cn1. The van der Waals surface area contributed by atoms with Crippen LogP contribution in [0, 0.1) is 0 Å². The van der Waals surface area contributed by atoms with Gasteiger partial charge < -0.3 is 10.2 Å². The van der Waals surface area contributed by atoms with Crippen molar-refractivity contribution < 1.29 is 0 Å². The van der Waals surface area contributed by atoms with Crippen LogP contribution in [0.4, 0.5) is 11.5 Å². The molecule has 1 aliphatic rings. The summed E-state index contributed by atoms with van der Waals surface area (Å²) in [5.74, 6) is 0.732. The van der Waals surface area contributed by atoms with Gasteiger partial charge in [0.15, 0.2) is 0 Å². The molecular weight excluding hydrogens is 276 g/mol. The zero-order valence-electron chi connectivity index (χ0n) is 11.3. The standard InChI is InChI=1S/C13H17ClN6/c1-19-9-11(5-16-19)20-4-2-3-10(8-20)17-13-7-15-6-12(14)18-13/h5-7,9-10H,2-4,8H2,1H3,(H,17,18)/t10-/m1/s1. The monoisotopic (exact) mass is 292 g/mol. The van der Waals surface area contributed by atoms with Gasteiger partial charge >= 0.3 is 0 Å². The zero-order chi connectivity index (χ0) is 13.9. The van der Waals surface area contributed by atoms with Crippen molar-refractivity contribution in [3.05, 3.63) is 29.9 Å². The van der Waals surface area contributed by atoms with Gasteiger partial charge in [-0.25, -0.2) is 4.98 Å². The van der Waals surface area contributed by atoms with Crippen molar-refractivity contribution in [2.75, 3.05) is 23.3 Å². The molecule has 1 N–H and O–H groups in total. The average Bonchev–Trinajstić information content (AvgIpc) is 2.86. The van der Waals surface area contributed by atoms with Gasteiger partial charge in [0.05, 0.1) is 24.3 Å². The molecule has 1 fully saturated rings. The summed E-state index contributed by atoms with van der Waals surface area (Å²) in [7, 11) is 1.94. The fourth-order valence-electron chi connectivity index (χ4n) is 2.52. The lowest BCUT2D eigenvalue weighted by Crippen LogP contribution is -2.42. The number of halogens is 1. The summed E-state index contributed by atoms with van der Waals surface area (Å²) in [5, 5.41) is 8.04. The van der Waals surface area contributed by atoms with E-state index >= 15 is 0 Å². The summed E-state index contributed by atoms with van der Waals surface area (Å²) >= 11 is 5.85. The average molecular weight is 293 g/mol. The van der Waals surface area contributed by atoms with E-state index in [9.17, 15) is 0 Å². The molecule has 20 heavy (non-hydrogen) atoms. The van der Waals surface area contributed by atoms with E-state index < -0.39 is 0 Å². The largest absolute Gasteiger partial charge is 0.367 e. The third-order valence-corrected chi connectivity index (χ3v) is 3.62. The second kappa shape index (κ2) is 5.66. The summed E-state index contributed by atoms with van der Waals surface area (Å²) in [5.41, 5.74) is 1.16. The molecule has 1 aliphatic heterocycles. The van der Waals surface area contributed by atoms with Gasteiger partial charge in [-0.05, 0) is 12.8 Å². The van der Waals surface area contributed by atoms with Crippen LogP contribution in [0.5, 0.6) is 0 Å². The van der Waals surface area contributed by atoms with Crippen LogP contribution in [-0.4, -0.2) is 38.9 Å². The Bertz CT molecular complexity index is 584. The maximum atomic E-state index is 5.85. The second-order valence-corrected chi connectivity index (χ2v) is 5.42. The zero-order valence-corrected chi connectivity index (χ0v) is 12.1. The van der Waals surface area contributed by atoms with Crippen LogP contribution in [-0.2, 0) is 7.05 Å². The molecule has 2 aromatic rings. The molecule has 106 valence electrons. The number of anilines is 2. The van der Waals surface area contributed by atoms with Gasteiger partial charge in [-0.15, -0.1) is 0 Å². The van der Waals surface area contributed by atoms with Crippen molar-refractivity contribution in [1.29, 1.82) is 0 Å². The highest BCUT2D eigenvalue weighted by Gasteiger charge is 2.21. The summed E-state index contributed by atoms with van der Waals surface area (Å²) in [4.78, 5) is 10.6. The Morgan fingerprint density at radius 2 is 2.25 bits per heavy atom. The van der Waals surface area contributed by atoms with Gasteiger partial charge in [-0.2, -0.15) is 5.10 Å². The Labute approximate surface area is 122 Å². The number of nitrogens with zero attached hydrogens (tertiary/aromatic N) is 5. The molecule has 1 atom stereocenters. The van der Waals surface area contributed by atoms with Crippen molar-refractivity contribution in [2.45, 2.75) is 18.9 Å². The fourth-order valence-corrected chi connectivity index (χ4v) is 2.67. The van der Waals surface area contributed by atoms with Crippen molar-refractivity contribution in [1.82, 2.24) is 19.7 Å². The van der Waals surface area contributed by atoms with E-state index in [0.29, 0.717) is 11.2 Å². The first-order valence-electron chi connectivity index (χ1n) is 6.68. The highest BCUT2D eigenvalue weighted by atomic mass is 35.5. The molecule has 0 aromatic carbocycles. The molecule has 2 aromatic heterocycles. The molecule has 6 nitrogen and oxygen atoms in total. The smallest absolute Gasteiger partial charge is 0.149 e. The minimum Gasteiger partial charge on any atom is -0.367 e. The lowest BCUT2D eigenvalue weighted by molar-refractivity contribution is 0.528. The van der Waals surface area contributed by atoms with E-state index in [0.717, 1.165) is 37.4 Å². The van der Waals surface area contributed by atoms with Gasteiger partial charge in [-0.1, -0.05) is 11.6 Å². The fraction of sp³-hybridized carbons (Fsp3) is 0.462. The van der Waals surface area contributed by atoms with E-state index in [-0.39, 0.29) is 0 Å². The summed E-state index contributed by atoms with van der Waals surface area (Å²) in [6.45, 7) is 1.99. The number of rotatable bonds is 3. The van der Waals surface area contributed by atoms with Crippen molar-refractivity contribution >= 4 is 23.1 Å². The summed E-state index contributed by atoms with van der Waals surface area (Å²) in [6.07, 6.45) is 9.44. The van der Waals surface area contributed by atoms with E-state index in [1.54, 1.807) is 6.20 Å². The third-order valence-electron chi connectivity index (χ3n) is 3.43. The molecule has 7 heteroatoms. The van der Waals surface area contributed by atoms with Crippen LogP contribution in [0.3, 0.4) is 0 Å². The minimum atomic E-state index is 0.344. The molecule has 0 unspecified atom stereocenters. The van der Waals surface area contributed by atoms with Crippen LogP contribution >= 0.6 is 11.6 Å². The lowest BCUT2D eigenvalue weighted by atomic mass is 10.1. The van der Waals surface area contributed by atoms with Gasteiger partial charge in [0.25, 0.3) is 0 Å². The molecule has 0 amide bonds. The van der Waals surface area contributed by atoms with Crippen LogP contribution in [0.25, 0.3) is 0 Å². The maximum absolute atomic E-state index is 5.85. The van der Waals surface area contributed by atoms with E-state index in [4.69, 9.17) is 11.6 Å². The van der Waals surface area contributed by atoms with Gasteiger partial charge in [-0.3, -0.25) is 9.67 Å². The topological polar surface area (TPSA) is 58.9 Å². The van der Waals surface area contributed by atoms with Crippen molar-refractivity contribution in [3.8, 4) is 0 Å². The number of hydrogen-bond donors (Lipinski definition) is 1. The predicted octanol–water partition coefficient (Wildman–Crippen LogP) is 1.94. The molecular formula is C13H17ClN6. The summed E-state index contributed by atoms with van der Waals surface area (Å²) < 4.78 is 1.83. The normalized spacial score (nSPS) is 19.1. The van der Waals surface area contributed by atoms with Crippen LogP contribution in [0.15, 0.2) is 24.8 Å². The highest BCUT2D eigenvalue weighted by molar-refractivity contribution is 6.29. The molecule has 3 heterocycles. The molecule has 0 aliphatic carbocycles. The third kappa shape index (κ3) is 3.01. The molecule has 0 saturated carbocycles. The molecule has 0 bridgehead atoms. The second-order valence-electron chi connectivity index (χ2n) is 5.03. The first-order chi connectivity index (χ1) is 9.70. The molecule has 0 radical (unpaired) electrons. The first kappa shape index (κ1) is 13.2. The number of aromatic nitrogens is 4. The molecule has 1 saturated heterocycles. The van der Waals surface area contributed by atoms with Gasteiger partial charge in [0.1, 0.15) is 11.0 Å². The molecule has 3 rings (SSSR count). The van der Waals surface area contributed by atoms with E-state index in [1.807, 2.05) is 24.1 Å². The van der Waals surface area contributed by atoms with E-state index in [2.05, 4.69) is 25.3 Å². The Hall–Kier alpha value is -1.82. The van der Waals surface area contributed by atoms with Gasteiger partial charge in [0, 0.05) is 32.4 Å². The van der Waals surface area contributed by atoms with E-state index in [1.165, 1.54) is 6.20 Å². The maximum Gasteiger partial charge on any atom is 0.149 e. The van der Waals surface area contributed by atoms with Gasteiger partial charge in [0.2, 0.25) is 0 Å². The quantitative estimate of drug-likeness (QED) is 0.937. The van der Waals surface area contributed by atoms with Crippen molar-refractivity contribution in [3.63, 3.8) is 0 Å². The molecule has 0 spiro atoms. The Balaban J connectivity index is 1.66. The number of aryl methyl sites for hydroxylation is 1. The Kier molecular flexibility index (Phi) is 3.73. The highest BCUT2D eigenvalue weighted by Crippen LogP contribution is 2.21. The number of nitrogens with one attached hydrogen (secondary N) is 1. The number of piperidine rings is 1. The number of hydrogen-bond acceptors (Lipinski definition) is 5. The van der Waals surface area contributed by atoms with Crippen LogP contribution < -0.4 is 10.2 Å². The van der Waals surface area contributed by atoms with Crippen molar-refractivity contribution in [2.24, 2.45) is 7.05 Å². The predicted molar refractivity (Wildman–Crippen MR) is 79.1 cm³/mol.